The second kappa shape index (κ2) is 5.69. The van der Waals surface area contributed by atoms with Crippen molar-refractivity contribution in [3.63, 3.8) is 0 Å². The molecule has 0 radical (unpaired) electrons. The van der Waals surface area contributed by atoms with E-state index in [2.05, 4.69) is 16.9 Å². The minimum atomic E-state index is 0.464. The highest BCUT2D eigenvalue weighted by atomic mass is 35.5. The Balaban J connectivity index is 2.09. The van der Waals surface area contributed by atoms with E-state index in [1.54, 1.807) is 6.20 Å². The van der Waals surface area contributed by atoms with E-state index in [0.29, 0.717) is 11.6 Å². The monoisotopic (exact) mass is 253 g/mol. The molecule has 1 heterocycles. The van der Waals surface area contributed by atoms with Crippen molar-refractivity contribution in [1.29, 1.82) is 0 Å². The summed E-state index contributed by atoms with van der Waals surface area (Å²) in [6.07, 6.45) is 7.18. The van der Waals surface area contributed by atoms with Gasteiger partial charge in [0.1, 0.15) is 5.82 Å². The van der Waals surface area contributed by atoms with Gasteiger partial charge in [0, 0.05) is 26.3 Å². The van der Waals surface area contributed by atoms with Crippen LogP contribution >= 0.6 is 11.6 Å². The molecule has 3 nitrogen and oxygen atoms in total. The van der Waals surface area contributed by atoms with Gasteiger partial charge in [-0.2, -0.15) is 0 Å². The van der Waals surface area contributed by atoms with E-state index >= 15 is 0 Å². The first-order valence-electron chi connectivity index (χ1n) is 6.27. The first-order valence-corrected chi connectivity index (χ1v) is 6.64. The number of hydrogen-bond acceptors (Lipinski definition) is 3. The molecule has 2 N–H and O–H groups in total. The van der Waals surface area contributed by atoms with Gasteiger partial charge in [-0.05, 0) is 30.4 Å². The molecule has 1 aromatic heterocycles. The summed E-state index contributed by atoms with van der Waals surface area (Å²) in [4.78, 5) is 6.53. The molecule has 1 aromatic rings. The van der Waals surface area contributed by atoms with E-state index in [1.165, 1.54) is 25.7 Å². The van der Waals surface area contributed by atoms with Gasteiger partial charge in [-0.25, -0.2) is 4.98 Å². The number of hydrogen-bond donors (Lipinski definition) is 1. The molecule has 0 aromatic carbocycles. The van der Waals surface area contributed by atoms with E-state index in [9.17, 15) is 0 Å². The number of pyridine rings is 1. The molecule has 0 spiro atoms. The standard InChI is InChI=1S/C13H20ClN3/c1-17(9-10-4-2-3-5-10)13-12(14)11(8-15)6-7-16-13/h6-7,10H,2-5,8-9,15H2,1H3. The minimum absolute atomic E-state index is 0.464. The molecule has 94 valence electrons. The SMILES string of the molecule is CN(CC1CCCC1)c1nccc(CN)c1Cl. The van der Waals surface area contributed by atoms with Gasteiger partial charge in [-0.3, -0.25) is 0 Å². The third-order valence-corrected chi connectivity index (χ3v) is 3.95. The van der Waals surface area contributed by atoms with Crippen LogP contribution in [0.3, 0.4) is 0 Å². The van der Waals surface area contributed by atoms with Crippen LogP contribution in [0.2, 0.25) is 5.02 Å². The highest BCUT2D eigenvalue weighted by Crippen LogP contribution is 2.30. The molecular formula is C13H20ClN3. The van der Waals surface area contributed by atoms with Gasteiger partial charge in [0.25, 0.3) is 0 Å². The molecule has 17 heavy (non-hydrogen) atoms. The first kappa shape index (κ1) is 12.7. The Morgan fingerprint density at radius 2 is 2.18 bits per heavy atom. The predicted octanol–water partition coefficient (Wildman–Crippen LogP) is 2.82. The Morgan fingerprint density at radius 1 is 1.47 bits per heavy atom. The van der Waals surface area contributed by atoms with Crippen molar-refractivity contribution in [3.8, 4) is 0 Å². The summed E-state index contributed by atoms with van der Waals surface area (Å²) in [6, 6.07) is 1.88. The van der Waals surface area contributed by atoms with Crippen LogP contribution in [0.1, 0.15) is 31.2 Å². The molecule has 1 aliphatic rings. The average molecular weight is 254 g/mol. The average Bonchev–Trinajstić information content (AvgIpc) is 2.82. The summed E-state index contributed by atoms with van der Waals surface area (Å²) in [5, 5.41) is 0.704. The van der Waals surface area contributed by atoms with Crippen LogP contribution in [0.5, 0.6) is 0 Å². The summed E-state index contributed by atoms with van der Waals surface area (Å²) in [7, 11) is 2.06. The van der Waals surface area contributed by atoms with Crippen LogP contribution in [0.4, 0.5) is 5.82 Å². The topological polar surface area (TPSA) is 42.2 Å². The molecule has 1 aliphatic carbocycles. The van der Waals surface area contributed by atoms with Crippen molar-refractivity contribution < 1.29 is 0 Å². The molecule has 0 bridgehead atoms. The fraction of sp³-hybridized carbons (Fsp3) is 0.615. The maximum Gasteiger partial charge on any atom is 0.147 e. The smallest absolute Gasteiger partial charge is 0.147 e. The Labute approximate surface area is 108 Å². The van der Waals surface area contributed by atoms with E-state index in [0.717, 1.165) is 23.8 Å². The number of nitrogens with zero attached hydrogens (tertiary/aromatic N) is 2. The summed E-state index contributed by atoms with van der Waals surface area (Å²) in [6.45, 7) is 1.51. The van der Waals surface area contributed by atoms with Crippen molar-refractivity contribution in [1.82, 2.24) is 4.98 Å². The highest BCUT2D eigenvalue weighted by molar-refractivity contribution is 6.33. The summed E-state index contributed by atoms with van der Waals surface area (Å²) < 4.78 is 0. The summed E-state index contributed by atoms with van der Waals surface area (Å²) in [5.74, 6) is 1.65. The van der Waals surface area contributed by atoms with Crippen LogP contribution in [0.15, 0.2) is 12.3 Å². The quantitative estimate of drug-likeness (QED) is 0.897. The van der Waals surface area contributed by atoms with Crippen LogP contribution in [0, 0.1) is 5.92 Å². The van der Waals surface area contributed by atoms with Crippen molar-refractivity contribution in [2.75, 3.05) is 18.5 Å². The zero-order valence-corrected chi connectivity index (χ0v) is 11.1. The lowest BCUT2D eigenvalue weighted by Crippen LogP contribution is -2.25. The fourth-order valence-electron chi connectivity index (χ4n) is 2.56. The third-order valence-electron chi connectivity index (χ3n) is 3.54. The zero-order chi connectivity index (χ0) is 12.3. The number of nitrogens with two attached hydrogens (primary N) is 1. The lowest BCUT2D eigenvalue weighted by molar-refractivity contribution is 0.545. The van der Waals surface area contributed by atoms with Gasteiger partial charge in [0.15, 0.2) is 0 Å². The van der Waals surface area contributed by atoms with Crippen molar-refractivity contribution >= 4 is 17.4 Å². The fourth-order valence-corrected chi connectivity index (χ4v) is 2.89. The van der Waals surface area contributed by atoms with Gasteiger partial charge in [0.2, 0.25) is 0 Å². The van der Waals surface area contributed by atoms with Gasteiger partial charge < -0.3 is 10.6 Å². The lowest BCUT2D eigenvalue weighted by Gasteiger charge is -2.23. The molecule has 1 fully saturated rings. The molecule has 0 amide bonds. The molecule has 0 unspecified atom stereocenters. The normalized spacial score (nSPS) is 16.4. The Bertz CT molecular complexity index is 375. The maximum atomic E-state index is 6.31. The Hall–Kier alpha value is -0.800. The minimum Gasteiger partial charge on any atom is -0.358 e. The first-order chi connectivity index (χ1) is 8.22. The van der Waals surface area contributed by atoms with Crippen molar-refractivity contribution in [2.24, 2.45) is 11.7 Å². The zero-order valence-electron chi connectivity index (χ0n) is 10.3. The van der Waals surface area contributed by atoms with Crippen LogP contribution in [0.25, 0.3) is 0 Å². The van der Waals surface area contributed by atoms with E-state index in [-0.39, 0.29) is 0 Å². The number of halogens is 1. The van der Waals surface area contributed by atoms with Crippen LogP contribution in [-0.2, 0) is 6.54 Å². The summed E-state index contributed by atoms with van der Waals surface area (Å²) >= 11 is 6.31. The number of aromatic nitrogens is 1. The van der Waals surface area contributed by atoms with Crippen LogP contribution in [-0.4, -0.2) is 18.6 Å². The second-order valence-electron chi connectivity index (χ2n) is 4.84. The summed E-state index contributed by atoms with van der Waals surface area (Å²) in [5.41, 5.74) is 6.62. The van der Waals surface area contributed by atoms with E-state index in [4.69, 9.17) is 17.3 Å². The van der Waals surface area contributed by atoms with Gasteiger partial charge >= 0.3 is 0 Å². The van der Waals surface area contributed by atoms with Gasteiger partial charge in [-0.1, -0.05) is 24.4 Å². The van der Waals surface area contributed by atoms with Crippen LogP contribution < -0.4 is 10.6 Å². The molecule has 1 saturated carbocycles. The second-order valence-corrected chi connectivity index (χ2v) is 5.22. The molecule has 0 saturated heterocycles. The Morgan fingerprint density at radius 3 is 2.82 bits per heavy atom. The predicted molar refractivity (Wildman–Crippen MR) is 72.4 cm³/mol. The van der Waals surface area contributed by atoms with Gasteiger partial charge in [-0.15, -0.1) is 0 Å². The maximum absolute atomic E-state index is 6.31. The Kier molecular flexibility index (Phi) is 4.24. The van der Waals surface area contributed by atoms with Crippen molar-refractivity contribution in [2.45, 2.75) is 32.2 Å². The molecule has 0 aliphatic heterocycles. The molecule has 4 heteroatoms. The molecule has 0 atom stereocenters. The largest absolute Gasteiger partial charge is 0.358 e. The third kappa shape index (κ3) is 2.90. The van der Waals surface area contributed by atoms with Crippen molar-refractivity contribution in [3.05, 3.63) is 22.8 Å². The number of anilines is 1. The van der Waals surface area contributed by atoms with E-state index < -0.39 is 0 Å². The lowest BCUT2D eigenvalue weighted by atomic mass is 10.1. The highest BCUT2D eigenvalue weighted by Gasteiger charge is 2.19. The molecule has 2 rings (SSSR count). The van der Waals surface area contributed by atoms with E-state index in [1.807, 2.05) is 6.07 Å². The molecular weight excluding hydrogens is 234 g/mol. The number of rotatable bonds is 4. The van der Waals surface area contributed by atoms with Gasteiger partial charge in [0.05, 0.1) is 5.02 Å².